The highest BCUT2D eigenvalue weighted by molar-refractivity contribution is 7.89. The van der Waals surface area contributed by atoms with Crippen LogP contribution in [0.3, 0.4) is 0 Å². The zero-order valence-electron chi connectivity index (χ0n) is 20.9. The molecule has 1 saturated heterocycles. The van der Waals surface area contributed by atoms with Gasteiger partial charge in [0.15, 0.2) is 0 Å². The third-order valence-corrected chi connectivity index (χ3v) is 9.42. The van der Waals surface area contributed by atoms with Crippen molar-refractivity contribution in [2.75, 3.05) is 44.8 Å². The van der Waals surface area contributed by atoms with Crippen molar-refractivity contribution >= 4 is 27.3 Å². The molecular formula is C27H36ClN3O4S. The summed E-state index contributed by atoms with van der Waals surface area (Å²) in [6.07, 6.45) is 6.20. The summed E-state index contributed by atoms with van der Waals surface area (Å²) in [7, 11) is -2.24. The van der Waals surface area contributed by atoms with Crippen LogP contribution in [0.4, 0.5) is 5.69 Å². The van der Waals surface area contributed by atoms with Crippen LogP contribution < -0.4 is 19.1 Å². The second-order valence-corrected chi connectivity index (χ2v) is 12.3. The van der Waals surface area contributed by atoms with E-state index in [1.807, 2.05) is 0 Å². The van der Waals surface area contributed by atoms with Crippen LogP contribution in [0.1, 0.15) is 38.5 Å². The van der Waals surface area contributed by atoms with E-state index in [2.05, 4.69) is 38.8 Å². The van der Waals surface area contributed by atoms with Gasteiger partial charge in [0, 0.05) is 43.3 Å². The van der Waals surface area contributed by atoms with Crippen molar-refractivity contribution in [2.45, 2.75) is 55.5 Å². The topological polar surface area (TPSA) is 71.1 Å². The molecule has 9 heteroatoms. The van der Waals surface area contributed by atoms with E-state index in [1.165, 1.54) is 31.7 Å². The second kappa shape index (κ2) is 11.2. The number of hydrogen-bond acceptors (Lipinski definition) is 6. The van der Waals surface area contributed by atoms with Gasteiger partial charge in [-0.1, -0.05) is 23.7 Å². The van der Waals surface area contributed by atoms with E-state index in [9.17, 15) is 8.42 Å². The quantitative estimate of drug-likeness (QED) is 0.510. The maximum absolute atomic E-state index is 13.0. The molecule has 2 aromatic rings. The monoisotopic (exact) mass is 533 g/mol. The van der Waals surface area contributed by atoms with Gasteiger partial charge in [-0.3, -0.25) is 4.90 Å². The number of hydrogen-bond donors (Lipinski definition) is 1. The summed E-state index contributed by atoms with van der Waals surface area (Å²) in [6, 6.07) is 13.5. The number of para-hydroxylation sites is 2. The molecule has 2 saturated carbocycles. The Morgan fingerprint density at radius 2 is 1.67 bits per heavy atom. The average molecular weight is 534 g/mol. The molecule has 7 nitrogen and oxygen atoms in total. The lowest BCUT2D eigenvalue weighted by Gasteiger charge is -2.43. The first kappa shape index (κ1) is 25.6. The molecule has 1 aliphatic heterocycles. The van der Waals surface area contributed by atoms with Gasteiger partial charge in [-0.2, -0.15) is 0 Å². The van der Waals surface area contributed by atoms with E-state index in [4.69, 9.17) is 21.1 Å². The van der Waals surface area contributed by atoms with Gasteiger partial charge in [-0.05, 0) is 74.8 Å². The predicted octanol–water partition coefficient (Wildman–Crippen LogP) is 4.55. The minimum absolute atomic E-state index is 0.0771. The Morgan fingerprint density at radius 3 is 2.36 bits per heavy atom. The van der Waals surface area contributed by atoms with E-state index >= 15 is 0 Å². The van der Waals surface area contributed by atoms with Gasteiger partial charge in [0.25, 0.3) is 0 Å². The third-order valence-electron chi connectivity index (χ3n) is 7.64. The van der Waals surface area contributed by atoms with E-state index in [-0.39, 0.29) is 10.9 Å². The van der Waals surface area contributed by atoms with E-state index in [1.54, 1.807) is 12.1 Å². The van der Waals surface area contributed by atoms with Gasteiger partial charge >= 0.3 is 0 Å². The Morgan fingerprint density at radius 1 is 0.944 bits per heavy atom. The smallest absolute Gasteiger partial charge is 0.244 e. The molecular weight excluding hydrogens is 498 g/mol. The lowest BCUT2D eigenvalue weighted by Crippen LogP contribution is -2.52. The van der Waals surface area contributed by atoms with Crippen LogP contribution in [0.15, 0.2) is 47.4 Å². The maximum Gasteiger partial charge on any atom is 0.244 e. The van der Waals surface area contributed by atoms with Crippen LogP contribution in [0, 0.1) is 5.92 Å². The molecule has 0 spiro atoms. The molecule has 2 aliphatic carbocycles. The number of rotatable bonds is 9. The Balaban J connectivity index is 1.12. The summed E-state index contributed by atoms with van der Waals surface area (Å²) in [6.45, 7) is 4.80. The van der Waals surface area contributed by atoms with Crippen molar-refractivity contribution in [3.05, 3.63) is 47.5 Å². The van der Waals surface area contributed by atoms with Gasteiger partial charge in [-0.15, -0.1) is 0 Å². The van der Waals surface area contributed by atoms with Crippen LogP contribution in [0.2, 0.25) is 5.02 Å². The number of halogens is 1. The summed E-state index contributed by atoms with van der Waals surface area (Å²) >= 11 is 6.05. The summed E-state index contributed by atoms with van der Waals surface area (Å²) in [5.41, 5.74) is 1.20. The van der Waals surface area contributed by atoms with Gasteiger partial charge < -0.3 is 14.4 Å². The molecule has 1 N–H and O–H groups in total. The Bertz CT molecular complexity index is 1140. The van der Waals surface area contributed by atoms with Gasteiger partial charge in [0.2, 0.25) is 10.0 Å². The first-order chi connectivity index (χ1) is 17.4. The molecule has 196 valence electrons. The summed E-state index contributed by atoms with van der Waals surface area (Å²) in [4.78, 5) is 5.11. The fourth-order valence-corrected chi connectivity index (χ4v) is 7.10. The molecule has 5 rings (SSSR count). The molecule has 2 aromatic carbocycles. The summed E-state index contributed by atoms with van der Waals surface area (Å²) < 4.78 is 40.3. The molecule has 3 aliphatic rings. The first-order valence-electron chi connectivity index (χ1n) is 13.0. The highest BCUT2D eigenvalue weighted by Crippen LogP contribution is 2.34. The normalized spacial score (nSPS) is 23.4. The molecule has 0 unspecified atom stereocenters. The minimum atomic E-state index is -3.71. The number of benzene rings is 2. The van der Waals surface area contributed by atoms with Gasteiger partial charge in [0.1, 0.15) is 16.4 Å². The number of methoxy groups -OCH3 is 1. The number of nitrogens with one attached hydrogen (secondary N) is 1. The fraction of sp³-hybridized carbons (Fsp3) is 0.556. The zero-order chi connectivity index (χ0) is 25.1. The van der Waals surface area contributed by atoms with Crippen LogP contribution >= 0.6 is 11.6 Å². The van der Waals surface area contributed by atoms with Crippen molar-refractivity contribution in [3.8, 4) is 11.5 Å². The van der Waals surface area contributed by atoms with Crippen LogP contribution in [0.5, 0.6) is 11.5 Å². The highest BCUT2D eigenvalue weighted by Gasteiger charge is 2.32. The molecule has 3 fully saturated rings. The molecule has 0 aromatic heterocycles. The Kier molecular flexibility index (Phi) is 7.96. The molecule has 0 radical (unpaired) electrons. The van der Waals surface area contributed by atoms with Gasteiger partial charge in [-0.25, -0.2) is 13.1 Å². The highest BCUT2D eigenvalue weighted by atomic mass is 35.5. The number of piperazine rings is 1. The number of anilines is 1. The molecule has 0 atom stereocenters. The van der Waals surface area contributed by atoms with E-state index in [0.717, 1.165) is 70.1 Å². The van der Waals surface area contributed by atoms with E-state index in [0.29, 0.717) is 16.8 Å². The maximum atomic E-state index is 13.0. The van der Waals surface area contributed by atoms with Crippen molar-refractivity contribution in [1.82, 2.24) is 9.62 Å². The molecule has 36 heavy (non-hydrogen) atoms. The van der Waals surface area contributed by atoms with Gasteiger partial charge in [0.05, 0.1) is 19.4 Å². The average Bonchev–Trinajstić information content (AvgIpc) is 3.73. The summed E-state index contributed by atoms with van der Waals surface area (Å²) in [5.74, 6) is 2.04. The standard InChI is InChI=1S/C27H36ClN3O4S/c1-34-26-13-8-21(28)18-27(26)36(32,33)29-22-9-11-23(12-10-22)30-14-16-31(17-15-30)24-4-2-3-5-25(24)35-19-20-6-7-20/h2-5,8,13,18,20,22-23,29H,6-7,9-12,14-17,19H2,1H3. The minimum Gasteiger partial charge on any atom is -0.495 e. The van der Waals surface area contributed by atoms with Crippen LogP contribution in [0.25, 0.3) is 0 Å². The largest absolute Gasteiger partial charge is 0.495 e. The molecule has 1 heterocycles. The third kappa shape index (κ3) is 6.10. The van der Waals surface area contributed by atoms with Crippen molar-refractivity contribution in [2.24, 2.45) is 5.92 Å². The Hall–Kier alpha value is -2.00. The second-order valence-electron chi connectivity index (χ2n) is 10.2. The number of sulfonamides is 1. The molecule has 0 bridgehead atoms. The first-order valence-corrected chi connectivity index (χ1v) is 14.9. The predicted molar refractivity (Wildman–Crippen MR) is 143 cm³/mol. The van der Waals surface area contributed by atoms with Crippen molar-refractivity contribution in [1.29, 1.82) is 0 Å². The van der Waals surface area contributed by atoms with Crippen molar-refractivity contribution < 1.29 is 17.9 Å². The zero-order valence-corrected chi connectivity index (χ0v) is 22.4. The molecule has 0 amide bonds. The number of ether oxygens (including phenoxy) is 2. The SMILES string of the molecule is COc1ccc(Cl)cc1S(=O)(=O)NC1CCC(N2CCN(c3ccccc3OCC3CC3)CC2)CC1. The number of nitrogens with zero attached hydrogens (tertiary/aromatic N) is 2. The van der Waals surface area contributed by atoms with Crippen LogP contribution in [-0.2, 0) is 10.0 Å². The van der Waals surface area contributed by atoms with E-state index < -0.39 is 10.0 Å². The van der Waals surface area contributed by atoms with Crippen molar-refractivity contribution in [3.63, 3.8) is 0 Å². The lowest BCUT2D eigenvalue weighted by molar-refractivity contribution is 0.139. The fourth-order valence-electron chi connectivity index (χ4n) is 5.36. The Labute approximate surface area is 219 Å². The van der Waals surface area contributed by atoms with Crippen LogP contribution in [-0.4, -0.2) is 65.3 Å². The summed E-state index contributed by atoms with van der Waals surface area (Å²) in [5, 5.41) is 0.371. The lowest BCUT2D eigenvalue weighted by atomic mass is 9.90.